The zero-order chi connectivity index (χ0) is 17.8. The van der Waals surface area contributed by atoms with Gasteiger partial charge < -0.3 is 0 Å². The Balaban J connectivity index is 0.000000472. The molecule has 1 N–H and O–H groups in total. The zero-order valence-corrected chi connectivity index (χ0v) is 12.3. The summed E-state index contributed by atoms with van der Waals surface area (Å²) in [7, 11) is -2.75. The molecule has 4 nitrogen and oxygen atoms in total. The zero-order valence-electron chi connectivity index (χ0n) is 11.5. The Bertz CT molecular complexity index is 566. The predicted octanol–water partition coefficient (Wildman–Crippen LogP) is 3.21. The molecule has 1 aromatic carbocycles. The van der Waals surface area contributed by atoms with Crippen molar-refractivity contribution in [1.82, 2.24) is 4.48 Å². The Labute approximate surface area is 123 Å². The van der Waals surface area contributed by atoms with Gasteiger partial charge in [-0.1, -0.05) is 18.2 Å². The van der Waals surface area contributed by atoms with Crippen LogP contribution < -0.4 is 4.48 Å². The summed E-state index contributed by atoms with van der Waals surface area (Å²) in [4.78, 5) is 0. The van der Waals surface area contributed by atoms with Crippen molar-refractivity contribution in [3.8, 4) is 0 Å². The van der Waals surface area contributed by atoms with E-state index in [9.17, 15) is 26.3 Å². The summed E-state index contributed by atoms with van der Waals surface area (Å²) in [6.45, 7) is -0.850. The molecule has 128 valence electrons. The van der Waals surface area contributed by atoms with E-state index < -0.39 is 28.3 Å². The maximum Gasteiger partial charge on any atom is 0.522 e. The molecule has 0 aliphatic heterocycles. The van der Waals surface area contributed by atoms with E-state index in [1.54, 1.807) is 44.4 Å². The van der Waals surface area contributed by atoms with Crippen LogP contribution in [0.1, 0.15) is 0 Å². The summed E-state index contributed by atoms with van der Waals surface area (Å²) >= 11 is 0. The molecule has 0 radical (unpaired) electrons. The SMILES string of the molecule is C[N+](C)(CC(F)(F)F)c1ccccc1.O=S(=O)(O)C(F)(F)F. The Morgan fingerprint density at radius 1 is 1.00 bits per heavy atom. The Morgan fingerprint density at radius 3 is 1.64 bits per heavy atom. The maximum absolute atomic E-state index is 12.2. The van der Waals surface area contributed by atoms with Gasteiger partial charge in [0.2, 0.25) is 0 Å². The fourth-order valence-corrected chi connectivity index (χ4v) is 1.37. The number of halogens is 6. The third-order valence-corrected chi connectivity index (χ3v) is 2.91. The number of nitrogens with zero attached hydrogens (tertiary/aromatic N) is 1. The van der Waals surface area contributed by atoms with Crippen molar-refractivity contribution in [2.75, 3.05) is 20.6 Å². The molecule has 1 aromatic rings. The van der Waals surface area contributed by atoms with E-state index in [1.165, 1.54) is 0 Å². The molecular formula is C11H14F6NO3S+. The van der Waals surface area contributed by atoms with Crippen LogP contribution in [0, 0.1) is 0 Å². The lowest BCUT2D eigenvalue weighted by molar-refractivity contribution is -0.138. The Kier molecular flexibility index (Phi) is 6.42. The molecule has 0 amide bonds. The average Bonchev–Trinajstić information content (AvgIpc) is 2.25. The van der Waals surface area contributed by atoms with Crippen molar-refractivity contribution in [3.05, 3.63) is 30.3 Å². The van der Waals surface area contributed by atoms with Crippen LogP contribution in [0.4, 0.5) is 32.0 Å². The van der Waals surface area contributed by atoms with Crippen LogP contribution in [0.25, 0.3) is 0 Å². The second-order valence-electron chi connectivity index (χ2n) is 4.71. The second kappa shape index (κ2) is 6.84. The molecule has 11 heteroatoms. The normalized spacial score (nSPS) is 13.3. The van der Waals surface area contributed by atoms with Gasteiger partial charge in [0, 0.05) is 0 Å². The van der Waals surface area contributed by atoms with Gasteiger partial charge in [0.15, 0.2) is 6.54 Å². The second-order valence-corrected chi connectivity index (χ2v) is 6.13. The number of hydrogen-bond acceptors (Lipinski definition) is 2. The number of para-hydroxylation sites is 1. The lowest BCUT2D eigenvalue weighted by Gasteiger charge is -2.29. The first kappa shape index (κ1) is 20.7. The highest BCUT2D eigenvalue weighted by Gasteiger charge is 2.44. The smallest absolute Gasteiger partial charge is 0.288 e. The summed E-state index contributed by atoms with van der Waals surface area (Å²) in [5, 5.41) is 0. The van der Waals surface area contributed by atoms with Crippen molar-refractivity contribution in [2.45, 2.75) is 11.7 Å². The number of alkyl halides is 6. The van der Waals surface area contributed by atoms with Crippen molar-refractivity contribution in [1.29, 1.82) is 0 Å². The van der Waals surface area contributed by atoms with Gasteiger partial charge in [-0.3, -0.25) is 9.04 Å². The summed E-state index contributed by atoms with van der Waals surface area (Å²) in [5.74, 6) is 0. The molecule has 0 aliphatic carbocycles. The van der Waals surface area contributed by atoms with E-state index in [2.05, 4.69) is 0 Å². The molecule has 1 rings (SSSR count). The van der Waals surface area contributed by atoms with Crippen molar-refractivity contribution in [2.24, 2.45) is 0 Å². The lowest BCUT2D eigenvalue weighted by atomic mass is 10.2. The molecule has 0 aromatic heterocycles. The minimum absolute atomic E-state index is 0.176. The molecular weight excluding hydrogens is 340 g/mol. The van der Waals surface area contributed by atoms with Crippen LogP contribution in [0.15, 0.2) is 30.3 Å². The monoisotopic (exact) mass is 354 g/mol. The van der Waals surface area contributed by atoms with Gasteiger partial charge in [0.05, 0.1) is 14.1 Å². The maximum atomic E-state index is 12.2. The first-order chi connectivity index (χ1) is 9.56. The van der Waals surface area contributed by atoms with Crippen LogP contribution in [0.3, 0.4) is 0 Å². The molecule has 0 bridgehead atoms. The van der Waals surface area contributed by atoms with Gasteiger partial charge in [-0.15, -0.1) is 0 Å². The topological polar surface area (TPSA) is 54.4 Å². The molecule has 0 heterocycles. The molecule has 0 saturated carbocycles. The summed E-state index contributed by atoms with van der Waals surface area (Å²) in [6, 6.07) is 8.67. The van der Waals surface area contributed by atoms with E-state index in [4.69, 9.17) is 13.0 Å². The van der Waals surface area contributed by atoms with Crippen LogP contribution >= 0.6 is 0 Å². The van der Waals surface area contributed by atoms with E-state index >= 15 is 0 Å². The molecule has 0 atom stereocenters. The van der Waals surface area contributed by atoms with Crippen LogP contribution in [0.2, 0.25) is 0 Å². The predicted molar refractivity (Wildman–Crippen MR) is 68.6 cm³/mol. The van der Waals surface area contributed by atoms with Gasteiger partial charge in [0.25, 0.3) is 0 Å². The third-order valence-electron chi connectivity index (χ3n) is 2.32. The Morgan fingerprint density at radius 2 is 1.36 bits per heavy atom. The highest BCUT2D eigenvalue weighted by Crippen LogP contribution is 2.25. The van der Waals surface area contributed by atoms with Crippen LogP contribution in [-0.4, -0.2) is 45.3 Å². The average molecular weight is 354 g/mol. The molecule has 0 fully saturated rings. The quantitative estimate of drug-likeness (QED) is 0.384. The van der Waals surface area contributed by atoms with Gasteiger partial charge >= 0.3 is 21.8 Å². The van der Waals surface area contributed by atoms with Crippen molar-refractivity contribution in [3.63, 3.8) is 0 Å². The van der Waals surface area contributed by atoms with Gasteiger partial charge in [-0.2, -0.15) is 34.8 Å². The van der Waals surface area contributed by atoms with E-state index in [1.807, 2.05) is 0 Å². The lowest BCUT2D eigenvalue weighted by Crippen LogP contribution is -2.47. The third kappa shape index (κ3) is 7.61. The molecule has 0 spiro atoms. The summed E-state index contributed by atoms with van der Waals surface area (Å²) < 4.78 is 94.0. The number of hydrogen-bond donors (Lipinski definition) is 1. The highest BCUT2D eigenvalue weighted by atomic mass is 32.2. The number of quaternary nitrogens is 1. The van der Waals surface area contributed by atoms with Crippen molar-refractivity contribution >= 4 is 15.8 Å². The molecule has 22 heavy (non-hydrogen) atoms. The minimum Gasteiger partial charge on any atom is -0.288 e. The number of rotatable bonds is 2. The van der Waals surface area contributed by atoms with E-state index in [0.29, 0.717) is 5.69 Å². The van der Waals surface area contributed by atoms with Crippen molar-refractivity contribution < 1.29 is 39.3 Å². The Hall–Kier alpha value is -1.33. The van der Waals surface area contributed by atoms with Crippen LogP contribution in [0.5, 0.6) is 0 Å². The fourth-order valence-electron chi connectivity index (χ4n) is 1.37. The van der Waals surface area contributed by atoms with Gasteiger partial charge in [-0.05, 0) is 12.1 Å². The first-order valence-corrected chi connectivity index (χ1v) is 6.99. The van der Waals surface area contributed by atoms with E-state index in [-0.39, 0.29) is 4.48 Å². The van der Waals surface area contributed by atoms with Crippen LogP contribution in [-0.2, 0) is 10.1 Å². The standard InChI is InChI=1S/C10H13F3N.CHF3O3S/c1-14(2,8-10(11,12)13)9-6-4-3-5-7-9;2-1(3,4)8(5,6)7/h3-7H,8H2,1-2H3;(H,5,6,7)/q+1;. The summed E-state index contributed by atoms with van der Waals surface area (Å²) in [5.41, 5.74) is -4.88. The van der Waals surface area contributed by atoms with Gasteiger partial charge in [-0.25, -0.2) is 0 Å². The number of benzene rings is 1. The van der Waals surface area contributed by atoms with E-state index in [0.717, 1.165) is 0 Å². The highest BCUT2D eigenvalue weighted by molar-refractivity contribution is 7.86. The molecule has 0 saturated heterocycles. The minimum atomic E-state index is -5.84. The first-order valence-electron chi connectivity index (χ1n) is 5.55. The van der Waals surface area contributed by atoms with Gasteiger partial charge in [0.1, 0.15) is 5.69 Å². The molecule has 0 unspecified atom stereocenters. The molecule has 0 aliphatic rings. The summed E-state index contributed by atoms with van der Waals surface area (Å²) in [6.07, 6.45) is -4.14. The fraction of sp³-hybridized carbons (Fsp3) is 0.455. The largest absolute Gasteiger partial charge is 0.522 e.